The Hall–Kier alpha value is -5.84. The van der Waals surface area contributed by atoms with Crippen molar-refractivity contribution in [3.63, 3.8) is 0 Å². The average Bonchev–Trinajstić information content (AvgIpc) is 3.75. The van der Waals surface area contributed by atoms with Gasteiger partial charge in [-0.25, -0.2) is 9.97 Å². The van der Waals surface area contributed by atoms with Gasteiger partial charge in [0.15, 0.2) is 0 Å². The van der Waals surface area contributed by atoms with Crippen LogP contribution in [0.1, 0.15) is 25.0 Å². The third-order valence-electron chi connectivity index (χ3n) is 10.8. The minimum absolute atomic E-state index is 0.214. The van der Waals surface area contributed by atoms with E-state index >= 15 is 0 Å². The first-order chi connectivity index (χ1) is 24.1. The van der Waals surface area contributed by atoms with Crippen molar-refractivity contribution in [2.45, 2.75) is 19.3 Å². The maximum Gasteiger partial charge on any atom is 0.235 e. The van der Waals surface area contributed by atoms with Crippen molar-refractivity contribution in [1.29, 1.82) is 0 Å². The first kappa shape index (κ1) is 27.1. The molecule has 3 aromatic heterocycles. The number of hydrogen-bond acceptors (Lipinski definition) is 3. The van der Waals surface area contributed by atoms with E-state index in [9.17, 15) is 0 Å². The van der Waals surface area contributed by atoms with Gasteiger partial charge in [-0.3, -0.25) is 4.57 Å². The molecule has 0 N–H and O–H groups in total. The second kappa shape index (κ2) is 9.62. The molecule has 0 aliphatic heterocycles. The molecule has 11 rings (SSSR count). The van der Waals surface area contributed by atoms with Crippen LogP contribution in [-0.4, -0.2) is 14.5 Å². The van der Waals surface area contributed by atoms with E-state index < -0.39 is 0 Å². The van der Waals surface area contributed by atoms with Crippen LogP contribution in [0.5, 0.6) is 0 Å². The van der Waals surface area contributed by atoms with Gasteiger partial charge in [0, 0.05) is 31.8 Å². The Morgan fingerprint density at radius 1 is 0.551 bits per heavy atom. The molecule has 1 aliphatic rings. The molecule has 7 aromatic carbocycles. The molecule has 0 saturated heterocycles. The van der Waals surface area contributed by atoms with E-state index in [4.69, 9.17) is 9.97 Å². The Kier molecular flexibility index (Phi) is 5.33. The quantitative estimate of drug-likeness (QED) is 0.188. The lowest BCUT2D eigenvalue weighted by molar-refractivity contribution is 0.663. The predicted octanol–water partition coefficient (Wildman–Crippen LogP) is 12.2. The molecule has 1 aliphatic carbocycles. The molecule has 3 nitrogen and oxygen atoms in total. The van der Waals surface area contributed by atoms with Crippen LogP contribution in [0.4, 0.5) is 0 Å². The maximum atomic E-state index is 5.62. The summed E-state index contributed by atoms with van der Waals surface area (Å²) in [5.41, 5.74) is 10.5. The normalized spacial score (nSPS) is 13.7. The van der Waals surface area contributed by atoms with Gasteiger partial charge in [0.25, 0.3) is 0 Å². The third-order valence-corrected chi connectivity index (χ3v) is 11.9. The fraction of sp³-hybridized carbons (Fsp3) is 0.0667. The molecular weight excluding hydrogens is 615 g/mol. The van der Waals surface area contributed by atoms with Gasteiger partial charge in [-0.2, -0.15) is 0 Å². The van der Waals surface area contributed by atoms with Gasteiger partial charge in [0.2, 0.25) is 5.95 Å². The highest BCUT2D eigenvalue weighted by atomic mass is 32.1. The largest absolute Gasteiger partial charge is 0.278 e. The van der Waals surface area contributed by atoms with E-state index in [1.807, 2.05) is 0 Å². The van der Waals surface area contributed by atoms with Gasteiger partial charge < -0.3 is 0 Å². The van der Waals surface area contributed by atoms with Crippen LogP contribution >= 0.6 is 11.3 Å². The van der Waals surface area contributed by atoms with Gasteiger partial charge in [-0.15, -0.1) is 11.3 Å². The molecule has 3 heterocycles. The number of rotatable bonds is 2. The Morgan fingerprint density at radius 2 is 1.24 bits per heavy atom. The first-order valence-corrected chi connectivity index (χ1v) is 17.7. The van der Waals surface area contributed by atoms with Crippen molar-refractivity contribution in [2.75, 3.05) is 0 Å². The molecule has 4 heteroatoms. The number of benzene rings is 7. The Balaban J connectivity index is 1.35. The molecule has 0 amide bonds. The zero-order chi connectivity index (χ0) is 32.4. The average molecular weight is 644 g/mol. The summed E-state index contributed by atoms with van der Waals surface area (Å²) in [5, 5.41) is 8.44. The molecule has 0 radical (unpaired) electrons. The number of aromatic nitrogens is 3. The van der Waals surface area contributed by atoms with Crippen molar-refractivity contribution in [3.05, 3.63) is 151 Å². The number of fused-ring (bicyclic) bond motifs is 12. The van der Waals surface area contributed by atoms with E-state index in [1.165, 1.54) is 64.8 Å². The van der Waals surface area contributed by atoms with Crippen LogP contribution in [-0.2, 0) is 5.41 Å². The van der Waals surface area contributed by atoms with E-state index in [0.29, 0.717) is 5.95 Å². The topological polar surface area (TPSA) is 30.7 Å². The second-order valence-electron chi connectivity index (χ2n) is 13.8. The highest BCUT2D eigenvalue weighted by Gasteiger charge is 2.38. The lowest BCUT2D eigenvalue weighted by Gasteiger charge is -2.23. The summed E-state index contributed by atoms with van der Waals surface area (Å²) in [4.78, 5) is 11.2. The fourth-order valence-electron chi connectivity index (χ4n) is 8.55. The molecule has 230 valence electrons. The van der Waals surface area contributed by atoms with Gasteiger partial charge in [-0.05, 0) is 62.0 Å². The van der Waals surface area contributed by atoms with E-state index in [0.717, 1.165) is 32.4 Å². The molecule has 0 saturated carbocycles. The summed E-state index contributed by atoms with van der Waals surface area (Å²) in [7, 11) is 0. The monoisotopic (exact) mass is 643 g/mol. The van der Waals surface area contributed by atoms with Crippen molar-refractivity contribution < 1.29 is 0 Å². The molecule has 0 fully saturated rings. The minimum Gasteiger partial charge on any atom is -0.278 e. The van der Waals surface area contributed by atoms with Gasteiger partial charge >= 0.3 is 0 Å². The lowest BCUT2D eigenvalue weighted by Crippen LogP contribution is -2.17. The summed E-state index contributed by atoms with van der Waals surface area (Å²) >= 11 is 1.78. The Labute approximate surface area is 286 Å². The van der Waals surface area contributed by atoms with Crippen LogP contribution < -0.4 is 0 Å². The minimum atomic E-state index is -0.214. The van der Waals surface area contributed by atoms with Crippen LogP contribution in [0.25, 0.3) is 92.0 Å². The van der Waals surface area contributed by atoms with Crippen molar-refractivity contribution >= 4 is 75.0 Å². The molecule has 0 unspecified atom stereocenters. The first-order valence-electron chi connectivity index (χ1n) is 16.8. The summed E-state index contributed by atoms with van der Waals surface area (Å²) in [6.07, 6.45) is 0. The van der Waals surface area contributed by atoms with Crippen molar-refractivity contribution in [2.24, 2.45) is 0 Å². The van der Waals surface area contributed by atoms with Crippen molar-refractivity contribution in [3.8, 4) is 28.3 Å². The van der Waals surface area contributed by atoms with Crippen LogP contribution in [0.3, 0.4) is 0 Å². The van der Waals surface area contributed by atoms with E-state index in [2.05, 4.69) is 158 Å². The standard InChI is InChI=1S/C45H29N3S/c1-45(2)36-20-9-7-17-30(36)31-22-23-33-35-24-27-13-3-4-14-28(27)25-37(35)48(42(33)39(31)45)44-46-40(32-19-11-15-26-12-5-6-16-29(26)32)43-41(47-44)34-18-8-10-21-38(34)49-43/h3-25H,1-2H3. The summed E-state index contributed by atoms with van der Waals surface area (Å²) in [6.45, 7) is 4.74. The fourth-order valence-corrected chi connectivity index (χ4v) is 9.69. The highest BCUT2D eigenvalue weighted by molar-refractivity contribution is 7.26. The third kappa shape index (κ3) is 3.61. The molecule has 0 atom stereocenters. The van der Waals surface area contributed by atoms with Crippen LogP contribution in [0.2, 0.25) is 0 Å². The number of hydrogen-bond donors (Lipinski definition) is 0. The summed E-state index contributed by atoms with van der Waals surface area (Å²) < 4.78 is 4.71. The molecular formula is C45H29N3S. The number of nitrogens with zero attached hydrogens (tertiary/aromatic N) is 3. The molecule has 0 bridgehead atoms. The predicted molar refractivity (Wildman–Crippen MR) is 207 cm³/mol. The van der Waals surface area contributed by atoms with Gasteiger partial charge in [0.05, 0.1) is 26.9 Å². The molecule has 0 spiro atoms. The SMILES string of the molecule is CC1(C)c2ccccc2-c2ccc3c4cc5ccccc5cc4n(-c4nc(-c5cccc6ccccc56)c5sc6ccccc6c5n4)c3c21. The van der Waals surface area contributed by atoms with E-state index in [1.54, 1.807) is 11.3 Å². The molecule has 10 aromatic rings. The lowest BCUT2D eigenvalue weighted by atomic mass is 9.81. The Morgan fingerprint density at radius 3 is 2.12 bits per heavy atom. The maximum absolute atomic E-state index is 5.62. The number of thiophene rings is 1. The highest BCUT2D eigenvalue weighted by Crippen LogP contribution is 2.53. The smallest absolute Gasteiger partial charge is 0.235 e. The zero-order valence-corrected chi connectivity index (χ0v) is 27.8. The Bertz CT molecular complexity index is 3030. The van der Waals surface area contributed by atoms with Gasteiger partial charge in [0.1, 0.15) is 0 Å². The van der Waals surface area contributed by atoms with Gasteiger partial charge in [-0.1, -0.05) is 135 Å². The second-order valence-corrected chi connectivity index (χ2v) is 14.8. The van der Waals surface area contributed by atoms with E-state index in [-0.39, 0.29) is 5.41 Å². The molecule has 49 heavy (non-hydrogen) atoms. The van der Waals surface area contributed by atoms with Crippen molar-refractivity contribution in [1.82, 2.24) is 14.5 Å². The van der Waals surface area contributed by atoms with Crippen LogP contribution in [0.15, 0.2) is 140 Å². The van der Waals surface area contributed by atoms with Crippen LogP contribution in [0, 0.1) is 0 Å². The summed E-state index contributed by atoms with van der Waals surface area (Å²) in [6, 6.07) is 50.7. The summed E-state index contributed by atoms with van der Waals surface area (Å²) in [5.74, 6) is 0.703. The zero-order valence-electron chi connectivity index (χ0n) is 27.0.